The molecule has 1 amide bonds. The van der Waals surface area contributed by atoms with Crippen molar-refractivity contribution in [2.45, 2.75) is 18.0 Å². The number of ether oxygens (including phenoxy) is 1. The molecule has 1 saturated heterocycles. The molecule has 0 aromatic heterocycles. The molecule has 0 spiro atoms. The maximum atomic E-state index is 13.9. The van der Waals surface area contributed by atoms with Crippen LogP contribution in [0.25, 0.3) is 0 Å². The molecule has 2 heterocycles. The normalized spacial score (nSPS) is 24.5. The van der Waals surface area contributed by atoms with E-state index in [4.69, 9.17) is 10.5 Å². The number of rotatable bonds is 6. The Balaban J connectivity index is 1.98. The van der Waals surface area contributed by atoms with E-state index in [2.05, 4.69) is 0 Å². The summed E-state index contributed by atoms with van der Waals surface area (Å²) in [6.45, 7) is 0. The van der Waals surface area contributed by atoms with Crippen LogP contribution in [0.4, 0.5) is 5.69 Å². The van der Waals surface area contributed by atoms with Crippen molar-refractivity contribution in [3.05, 3.63) is 93.7 Å². The van der Waals surface area contributed by atoms with E-state index in [-0.39, 0.29) is 22.4 Å². The van der Waals surface area contributed by atoms with Crippen LogP contribution >= 0.6 is 0 Å². The van der Waals surface area contributed by atoms with Gasteiger partial charge >= 0.3 is 0 Å². The molecule has 0 bridgehead atoms. The average molecular weight is 469 g/mol. The molecular weight excluding hydrogens is 450 g/mol. The topological polar surface area (TPSA) is 163 Å². The number of Topliss-reactive ketones (excluding diaryl/α,β-unsaturated/α-hetero) is 1. The number of nitrogens with zero attached hydrogens (tertiary/aromatic N) is 4. The van der Waals surface area contributed by atoms with Crippen molar-refractivity contribution in [2.75, 3.05) is 7.11 Å². The first-order chi connectivity index (χ1) is 16.8. The van der Waals surface area contributed by atoms with Gasteiger partial charge in [0.1, 0.15) is 17.9 Å². The lowest BCUT2D eigenvalue weighted by Gasteiger charge is -2.31. The molecule has 4 rings (SSSR count). The quantitative estimate of drug-likeness (QED) is 0.383. The molecule has 174 valence electrons. The van der Waals surface area contributed by atoms with Crippen molar-refractivity contribution in [2.24, 2.45) is 11.1 Å². The Morgan fingerprint density at radius 2 is 1.91 bits per heavy atom. The van der Waals surface area contributed by atoms with E-state index in [1.807, 2.05) is 12.1 Å². The molecule has 4 atom stereocenters. The summed E-state index contributed by atoms with van der Waals surface area (Å²) in [5.41, 5.74) is 4.32. The van der Waals surface area contributed by atoms with Crippen molar-refractivity contribution in [3.8, 4) is 17.9 Å². The van der Waals surface area contributed by atoms with Gasteiger partial charge in [-0.15, -0.1) is 0 Å². The number of ketones is 1. The highest BCUT2D eigenvalue weighted by Crippen LogP contribution is 2.54. The first-order valence-electron chi connectivity index (χ1n) is 10.5. The van der Waals surface area contributed by atoms with Gasteiger partial charge in [0.2, 0.25) is 5.91 Å². The molecular formula is C25H19N5O5. The molecule has 2 aromatic carbocycles. The number of non-ortho nitro benzene ring substituents is 1. The number of primary amides is 1. The Labute approximate surface area is 200 Å². The van der Waals surface area contributed by atoms with Crippen molar-refractivity contribution < 1.29 is 19.2 Å². The first kappa shape index (κ1) is 23.2. The highest BCUT2D eigenvalue weighted by Gasteiger charge is 2.65. The SMILES string of the molecule is COc1ccc(C(=O)[C@H]2[C@@H](c3cccc([N+](=O)[O-])c3)[C@@](C#N)(C(N)=O)[C@H]3C=CC(C#N)=CN23)cc1. The number of amides is 1. The van der Waals surface area contributed by atoms with Crippen molar-refractivity contribution in [3.63, 3.8) is 0 Å². The van der Waals surface area contributed by atoms with Gasteiger partial charge in [0.15, 0.2) is 11.2 Å². The zero-order valence-electron chi connectivity index (χ0n) is 18.5. The zero-order chi connectivity index (χ0) is 25.3. The summed E-state index contributed by atoms with van der Waals surface area (Å²) >= 11 is 0. The molecule has 0 radical (unpaired) electrons. The van der Waals surface area contributed by atoms with Crippen LogP contribution in [0.5, 0.6) is 5.75 Å². The maximum absolute atomic E-state index is 13.9. The molecule has 2 aliphatic heterocycles. The van der Waals surface area contributed by atoms with Crippen molar-refractivity contribution in [1.82, 2.24) is 4.90 Å². The van der Waals surface area contributed by atoms with Crippen LogP contribution in [-0.4, -0.2) is 40.7 Å². The van der Waals surface area contributed by atoms with Crippen LogP contribution in [-0.2, 0) is 4.79 Å². The highest BCUT2D eigenvalue weighted by molar-refractivity contribution is 6.03. The Morgan fingerprint density at radius 1 is 1.20 bits per heavy atom. The highest BCUT2D eigenvalue weighted by atomic mass is 16.6. The van der Waals surface area contributed by atoms with Crippen LogP contribution < -0.4 is 10.5 Å². The van der Waals surface area contributed by atoms with Crippen molar-refractivity contribution in [1.29, 1.82) is 10.5 Å². The molecule has 0 saturated carbocycles. The molecule has 1 fully saturated rings. The number of carbonyl (C=O) groups excluding carboxylic acids is 2. The van der Waals surface area contributed by atoms with E-state index >= 15 is 0 Å². The number of nitro groups is 1. The van der Waals surface area contributed by atoms with Gasteiger partial charge in [-0.3, -0.25) is 19.7 Å². The number of benzene rings is 2. The van der Waals surface area contributed by atoms with Crippen LogP contribution in [0, 0.1) is 38.2 Å². The zero-order valence-corrected chi connectivity index (χ0v) is 18.5. The summed E-state index contributed by atoms with van der Waals surface area (Å²) in [5.74, 6) is -2.06. The molecule has 2 aliphatic rings. The van der Waals surface area contributed by atoms with Gasteiger partial charge in [0.25, 0.3) is 5.69 Å². The number of hydrogen-bond donors (Lipinski definition) is 1. The predicted molar refractivity (Wildman–Crippen MR) is 123 cm³/mol. The second-order valence-corrected chi connectivity index (χ2v) is 8.16. The lowest BCUT2D eigenvalue weighted by atomic mass is 9.67. The lowest BCUT2D eigenvalue weighted by molar-refractivity contribution is -0.384. The van der Waals surface area contributed by atoms with E-state index in [1.165, 1.54) is 54.6 Å². The fourth-order valence-corrected chi connectivity index (χ4v) is 4.87. The third-order valence-electron chi connectivity index (χ3n) is 6.47. The maximum Gasteiger partial charge on any atom is 0.269 e. The van der Waals surface area contributed by atoms with Gasteiger partial charge in [0, 0.05) is 29.8 Å². The number of nitro benzene ring substituents is 1. The summed E-state index contributed by atoms with van der Waals surface area (Å²) in [5, 5.41) is 31.3. The van der Waals surface area contributed by atoms with Gasteiger partial charge in [-0.1, -0.05) is 18.2 Å². The summed E-state index contributed by atoms with van der Waals surface area (Å²) in [6, 6.07) is 13.7. The molecule has 10 heteroatoms. The smallest absolute Gasteiger partial charge is 0.269 e. The van der Waals surface area contributed by atoms with E-state index in [9.17, 15) is 30.2 Å². The fraction of sp³-hybridized carbons (Fsp3) is 0.200. The number of nitriles is 2. The third-order valence-corrected chi connectivity index (χ3v) is 6.47. The Bertz CT molecular complexity index is 1370. The summed E-state index contributed by atoms with van der Waals surface area (Å²) in [7, 11) is 1.49. The largest absolute Gasteiger partial charge is 0.497 e. The van der Waals surface area contributed by atoms with Crippen LogP contribution in [0.15, 0.2) is 72.5 Å². The van der Waals surface area contributed by atoms with Crippen LogP contribution in [0.2, 0.25) is 0 Å². The minimum atomic E-state index is -1.95. The molecule has 0 aliphatic carbocycles. The van der Waals surface area contributed by atoms with Gasteiger partial charge in [-0.2, -0.15) is 10.5 Å². The van der Waals surface area contributed by atoms with Gasteiger partial charge in [-0.25, -0.2) is 0 Å². The summed E-state index contributed by atoms with van der Waals surface area (Å²) in [4.78, 5) is 39.2. The lowest BCUT2D eigenvalue weighted by Crippen LogP contribution is -2.47. The summed E-state index contributed by atoms with van der Waals surface area (Å²) < 4.78 is 5.15. The number of nitrogens with two attached hydrogens (primary N) is 1. The molecule has 0 unspecified atom stereocenters. The van der Waals surface area contributed by atoms with Gasteiger partial charge < -0.3 is 15.4 Å². The Morgan fingerprint density at radius 3 is 2.49 bits per heavy atom. The van der Waals surface area contributed by atoms with E-state index in [0.29, 0.717) is 5.75 Å². The standard InChI is InChI=1S/C25H19N5O5/c1-35-19-8-6-16(7-9-19)23(31)22-21(17-3-2-4-18(11-17)30(33)34)25(14-27,24(28)32)20-10-5-15(12-26)13-29(20)22/h2-11,13,20-22H,1H3,(H2,28,32)/t20-,21-,22-,25+/m1/s1. The van der Waals surface area contributed by atoms with E-state index in [1.54, 1.807) is 24.3 Å². The fourth-order valence-electron chi connectivity index (χ4n) is 4.87. The summed E-state index contributed by atoms with van der Waals surface area (Å²) in [6.07, 6.45) is 4.38. The number of methoxy groups -OCH3 is 1. The van der Waals surface area contributed by atoms with Gasteiger partial charge in [0.05, 0.1) is 29.7 Å². The van der Waals surface area contributed by atoms with Crippen LogP contribution in [0.3, 0.4) is 0 Å². The number of fused-ring (bicyclic) bond motifs is 1. The number of allylic oxidation sites excluding steroid dienone is 2. The van der Waals surface area contributed by atoms with Crippen LogP contribution in [0.1, 0.15) is 21.8 Å². The molecule has 35 heavy (non-hydrogen) atoms. The van der Waals surface area contributed by atoms with Gasteiger partial charge in [-0.05, 0) is 35.9 Å². The Hall–Kier alpha value is -4.96. The third kappa shape index (κ3) is 3.58. The minimum Gasteiger partial charge on any atom is -0.497 e. The molecule has 2 N–H and O–H groups in total. The predicted octanol–water partition coefficient (Wildman–Crippen LogP) is 2.60. The second kappa shape index (κ2) is 8.76. The molecule has 10 nitrogen and oxygen atoms in total. The van der Waals surface area contributed by atoms with E-state index in [0.717, 1.165) is 0 Å². The van der Waals surface area contributed by atoms with E-state index < -0.39 is 40.0 Å². The monoisotopic (exact) mass is 469 g/mol. The van der Waals surface area contributed by atoms with Crippen molar-refractivity contribution >= 4 is 17.4 Å². The average Bonchev–Trinajstić information content (AvgIpc) is 3.18. The number of hydrogen-bond acceptors (Lipinski definition) is 8. The second-order valence-electron chi connectivity index (χ2n) is 8.16. The molecule has 2 aromatic rings. The first-order valence-corrected chi connectivity index (χ1v) is 10.5. The minimum absolute atomic E-state index is 0.213. The number of carbonyl (C=O) groups is 2. The Kier molecular flexibility index (Phi) is 5.81.